The summed E-state index contributed by atoms with van der Waals surface area (Å²) in [5.74, 6) is -0.520. The van der Waals surface area contributed by atoms with Crippen LogP contribution in [0.15, 0.2) is 30.3 Å². The zero-order valence-corrected chi connectivity index (χ0v) is 10.1. The monoisotopic (exact) mass is 218 g/mol. The topological polar surface area (TPSA) is 34.1 Å². The molecule has 0 bridgehead atoms. The fraction of sp³-hybridized carbons (Fsp3) is 0.429. The first-order chi connectivity index (χ1) is 7.45. The molecule has 0 aliphatic carbocycles. The molecule has 0 fully saturated rings. The molecule has 1 aromatic rings. The van der Waals surface area contributed by atoms with Crippen LogP contribution >= 0.6 is 0 Å². The second kappa shape index (κ2) is 5.06. The van der Waals surface area contributed by atoms with E-state index >= 15 is 0 Å². The van der Waals surface area contributed by atoms with Crippen LogP contribution in [0.1, 0.15) is 26.3 Å². The van der Waals surface area contributed by atoms with Gasteiger partial charge in [0, 0.05) is 5.41 Å². The van der Waals surface area contributed by atoms with Crippen molar-refractivity contribution in [1.82, 2.24) is 0 Å². The SMILES string of the molecule is CC(C)(C)C(=O)[C@H](C=O)Cc1ccccc1. The smallest absolute Gasteiger partial charge is 0.148 e. The van der Waals surface area contributed by atoms with Crippen molar-refractivity contribution in [3.8, 4) is 0 Å². The minimum absolute atomic E-state index is 0.00588. The van der Waals surface area contributed by atoms with Crippen LogP contribution in [0.2, 0.25) is 0 Å². The summed E-state index contributed by atoms with van der Waals surface area (Å²) in [6.45, 7) is 5.53. The molecule has 0 aromatic heterocycles. The Balaban J connectivity index is 2.78. The van der Waals surface area contributed by atoms with Gasteiger partial charge in [-0.1, -0.05) is 51.1 Å². The highest BCUT2D eigenvalue weighted by molar-refractivity contribution is 5.96. The molecule has 1 rings (SSSR count). The largest absolute Gasteiger partial charge is 0.303 e. The van der Waals surface area contributed by atoms with Gasteiger partial charge < -0.3 is 4.79 Å². The lowest BCUT2D eigenvalue weighted by Crippen LogP contribution is -2.30. The standard InChI is InChI=1S/C14H18O2/c1-14(2,3)13(16)12(10-15)9-11-7-5-4-6-8-11/h4-8,10,12H,9H2,1-3H3/t12-/m0/s1. The molecule has 0 aliphatic heterocycles. The van der Waals surface area contributed by atoms with E-state index in [-0.39, 0.29) is 5.78 Å². The maximum atomic E-state index is 12.0. The first-order valence-electron chi connectivity index (χ1n) is 5.48. The Morgan fingerprint density at radius 2 is 1.81 bits per heavy atom. The van der Waals surface area contributed by atoms with Gasteiger partial charge in [0.25, 0.3) is 0 Å². The van der Waals surface area contributed by atoms with E-state index in [1.54, 1.807) is 0 Å². The van der Waals surface area contributed by atoms with Crippen molar-refractivity contribution in [1.29, 1.82) is 0 Å². The highest BCUT2D eigenvalue weighted by Gasteiger charge is 2.29. The molecular weight excluding hydrogens is 200 g/mol. The number of rotatable bonds is 4. The summed E-state index contributed by atoms with van der Waals surface area (Å²) < 4.78 is 0. The van der Waals surface area contributed by atoms with Gasteiger partial charge in [-0.3, -0.25) is 4.79 Å². The van der Waals surface area contributed by atoms with Crippen LogP contribution in [0.25, 0.3) is 0 Å². The van der Waals surface area contributed by atoms with Crippen LogP contribution in [0, 0.1) is 11.3 Å². The summed E-state index contributed by atoms with van der Waals surface area (Å²) in [4.78, 5) is 22.9. The highest BCUT2D eigenvalue weighted by atomic mass is 16.1. The number of aldehydes is 1. The third-order valence-corrected chi connectivity index (χ3v) is 2.54. The van der Waals surface area contributed by atoms with Crippen LogP contribution < -0.4 is 0 Å². The van der Waals surface area contributed by atoms with Crippen LogP contribution in [-0.4, -0.2) is 12.1 Å². The number of hydrogen-bond donors (Lipinski definition) is 0. The van der Waals surface area contributed by atoms with Gasteiger partial charge in [-0.15, -0.1) is 0 Å². The van der Waals surface area contributed by atoms with Gasteiger partial charge in [0.15, 0.2) is 0 Å². The third kappa shape index (κ3) is 3.30. The molecule has 0 heterocycles. The molecule has 0 N–H and O–H groups in total. The average Bonchev–Trinajstić information content (AvgIpc) is 2.25. The van der Waals surface area contributed by atoms with Crippen molar-refractivity contribution in [2.75, 3.05) is 0 Å². The average molecular weight is 218 g/mol. The predicted octanol–water partition coefficient (Wildman–Crippen LogP) is 2.66. The first kappa shape index (κ1) is 12.6. The van der Waals surface area contributed by atoms with E-state index in [2.05, 4.69) is 0 Å². The number of hydrogen-bond acceptors (Lipinski definition) is 2. The van der Waals surface area contributed by atoms with Gasteiger partial charge >= 0.3 is 0 Å². The molecule has 2 nitrogen and oxygen atoms in total. The van der Waals surface area contributed by atoms with Gasteiger partial charge in [-0.25, -0.2) is 0 Å². The zero-order chi connectivity index (χ0) is 12.2. The lowest BCUT2D eigenvalue weighted by molar-refractivity contribution is -0.133. The lowest BCUT2D eigenvalue weighted by atomic mass is 9.81. The molecule has 1 atom stereocenters. The van der Waals surface area contributed by atoms with E-state index in [4.69, 9.17) is 0 Å². The van der Waals surface area contributed by atoms with E-state index in [0.717, 1.165) is 11.8 Å². The minimum atomic E-state index is -0.526. The molecule has 0 aliphatic rings. The molecule has 16 heavy (non-hydrogen) atoms. The van der Waals surface area contributed by atoms with E-state index < -0.39 is 11.3 Å². The van der Waals surface area contributed by atoms with Gasteiger partial charge in [0.05, 0.1) is 5.92 Å². The van der Waals surface area contributed by atoms with Crippen molar-refractivity contribution in [3.63, 3.8) is 0 Å². The fourth-order valence-corrected chi connectivity index (χ4v) is 1.63. The Labute approximate surface area is 96.7 Å². The first-order valence-corrected chi connectivity index (χ1v) is 5.48. The second-order valence-electron chi connectivity index (χ2n) is 5.05. The minimum Gasteiger partial charge on any atom is -0.303 e. The molecule has 0 saturated heterocycles. The Hall–Kier alpha value is -1.44. The molecule has 2 heteroatoms. The van der Waals surface area contributed by atoms with E-state index in [1.165, 1.54) is 0 Å². The zero-order valence-electron chi connectivity index (χ0n) is 10.1. The van der Waals surface area contributed by atoms with E-state index in [1.807, 2.05) is 51.1 Å². The lowest BCUT2D eigenvalue weighted by Gasteiger charge is -2.20. The van der Waals surface area contributed by atoms with Crippen molar-refractivity contribution < 1.29 is 9.59 Å². The van der Waals surface area contributed by atoms with Crippen LogP contribution in [0.4, 0.5) is 0 Å². The second-order valence-corrected chi connectivity index (χ2v) is 5.05. The summed E-state index contributed by atoms with van der Waals surface area (Å²) in [6, 6.07) is 9.63. The maximum absolute atomic E-state index is 12.0. The number of Topliss-reactive ketones (excluding diaryl/α,β-unsaturated/α-hetero) is 1. The number of carbonyl (C=O) groups is 2. The Morgan fingerprint density at radius 1 is 1.25 bits per heavy atom. The molecule has 0 radical (unpaired) electrons. The van der Waals surface area contributed by atoms with Gasteiger partial charge in [-0.05, 0) is 12.0 Å². The number of benzene rings is 1. The summed E-state index contributed by atoms with van der Waals surface area (Å²) in [5, 5.41) is 0. The van der Waals surface area contributed by atoms with Crippen LogP contribution in [0.3, 0.4) is 0 Å². The summed E-state index contributed by atoms with van der Waals surface area (Å²) >= 11 is 0. The number of ketones is 1. The van der Waals surface area contributed by atoms with Gasteiger partial charge in [-0.2, -0.15) is 0 Å². The molecular formula is C14H18O2. The van der Waals surface area contributed by atoms with Crippen LogP contribution in [-0.2, 0) is 16.0 Å². The van der Waals surface area contributed by atoms with Crippen LogP contribution in [0.5, 0.6) is 0 Å². The molecule has 0 spiro atoms. The number of carbonyl (C=O) groups excluding carboxylic acids is 2. The summed E-state index contributed by atoms with van der Waals surface area (Å²) in [5.41, 5.74) is 0.567. The van der Waals surface area contributed by atoms with E-state index in [9.17, 15) is 9.59 Å². The maximum Gasteiger partial charge on any atom is 0.148 e. The quantitative estimate of drug-likeness (QED) is 0.575. The normalized spacial score (nSPS) is 13.2. The highest BCUT2D eigenvalue weighted by Crippen LogP contribution is 2.21. The predicted molar refractivity (Wildman–Crippen MR) is 64.2 cm³/mol. The van der Waals surface area contributed by atoms with Crippen molar-refractivity contribution in [3.05, 3.63) is 35.9 Å². The molecule has 0 unspecified atom stereocenters. The molecule has 1 aromatic carbocycles. The fourth-order valence-electron chi connectivity index (χ4n) is 1.63. The Bertz CT molecular complexity index is 360. The Kier molecular flexibility index (Phi) is 3.99. The molecule has 0 saturated carbocycles. The van der Waals surface area contributed by atoms with Crippen molar-refractivity contribution in [2.24, 2.45) is 11.3 Å². The van der Waals surface area contributed by atoms with Crippen molar-refractivity contribution >= 4 is 12.1 Å². The van der Waals surface area contributed by atoms with E-state index in [0.29, 0.717) is 6.42 Å². The van der Waals surface area contributed by atoms with Gasteiger partial charge in [0.2, 0.25) is 0 Å². The summed E-state index contributed by atoms with van der Waals surface area (Å²) in [7, 11) is 0. The Morgan fingerprint density at radius 3 is 2.25 bits per heavy atom. The van der Waals surface area contributed by atoms with Crippen molar-refractivity contribution in [2.45, 2.75) is 27.2 Å². The molecule has 0 amide bonds. The summed E-state index contributed by atoms with van der Waals surface area (Å²) in [6.07, 6.45) is 1.26. The third-order valence-electron chi connectivity index (χ3n) is 2.54. The molecule has 86 valence electrons. The van der Waals surface area contributed by atoms with Gasteiger partial charge in [0.1, 0.15) is 12.1 Å².